The van der Waals surface area contributed by atoms with Crippen molar-refractivity contribution in [1.29, 1.82) is 0 Å². The first-order valence-electron chi connectivity index (χ1n) is 13.3. The normalized spacial score (nSPS) is 14.8. The summed E-state index contributed by atoms with van der Waals surface area (Å²) in [6, 6.07) is 22.2. The summed E-state index contributed by atoms with van der Waals surface area (Å²) < 4.78 is 4.83. The molecule has 0 spiro atoms. The number of esters is 1. The number of aromatic nitrogens is 1. The fourth-order valence-corrected chi connectivity index (χ4v) is 4.82. The molecule has 0 atom stereocenters. The number of likely N-dealkylation sites (N-methyl/N-ethyl adjacent to an activating group) is 1. The molecule has 9 nitrogen and oxygen atoms in total. The highest BCUT2D eigenvalue weighted by molar-refractivity contribution is 6.22. The molecule has 0 unspecified atom stereocenters. The Balaban J connectivity index is 1.37. The van der Waals surface area contributed by atoms with E-state index in [0.717, 1.165) is 42.8 Å². The topological polar surface area (TPSA) is 110 Å². The average molecular weight is 540 g/mol. The molecule has 206 valence electrons. The molecule has 1 aliphatic rings. The Morgan fingerprint density at radius 1 is 0.975 bits per heavy atom. The number of piperazine rings is 1. The van der Waals surface area contributed by atoms with Crippen LogP contribution in [0.2, 0.25) is 0 Å². The van der Waals surface area contributed by atoms with Gasteiger partial charge in [0, 0.05) is 48.3 Å². The van der Waals surface area contributed by atoms with Crippen LogP contribution in [-0.2, 0) is 9.53 Å². The summed E-state index contributed by atoms with van der Waals surface area (Å²) in [5, 5.41) is 14.9. The van der Waals surface area contributed by atoms with Crippen molar-refractivity contribution in [2.24, 2.45) is 4.99 Å². The van der Waals surface area contributed by atoms with Gasteiger partial charge in [-0.3, -0.25) is 9.69 Å². The Bertz CT molecular complexity index is 1520. The third-order valence-corrected chi connectivity index (χ3v) is 7.08. The van der Waals surface area contributed by atoms with E-state index in [0.29, 0.717) is 34.6 Å². The van der Waals surface area contributed by atoms with Crippen LogP contribution in [0.15, 0.2) is 77.8 Å². The molecular formula is C31H33N5O4. The van der Waals surface area contributed by atoms with Crippen molar-refractivity contribution >= 4 is 39.7 Å². The lowest BCUT2D eigenvalue weighted by Crippen LogP contribution is -2.46. The van der Waals surface area contributed by atoms with Crippen LogP contribution in [0, 0.1) is 0 Å². The molecule has 0 saturated carbocycles. The number of aromatic hydroxyl groups is 1. The highest BCUT2D eigenvalue weighted by atomic mass is 16.5. The van der Waals surface area contributed by atoms with Crippen molar-refractivity contribution in [1.82, 2.24) is 14.8 Å². The number of Topliss-reactive ketones (excluding diaryl/α,β-unsaturated/α-hetero) is 1. The molecule has 1 saturated heterocycles. The van der Waals surface area contributed by atoms with E-state index < -0.39 is 5.97 Å². The third-order valence-electron chi connectivity index (χ3n) is 7.08. The molecule has 0 bridgehead atoms. The summed E-state index contributed by atoms with van der Waals surface area (Å²) in [5.41, 5.74) is 4.44. The van der Waals surface area contributed by atoms with E-state index in [2.05, 4.69) is 27.1 Å². The number of hydrogen-bond acceptors (Lipinski definition) is 8. The zero-order valence-electron chi connectivity index (χ0n) is 22.7. The van der Waals surface area contributed by atoms with E-state index >= 15 is 0 Å². The van der Waals surface area contributed by atoms with E-state index in [1.54, 1.807) is 18.2 Å². The molecule has 3 N–H and O–H groups in total. The van der Waals surface area contributed by atoms with Gasteiger partial charge in [0.1, 0.15) is 0 Å². The minimum atomic E-state index is -0.454. The molecule has 9 heteroatoms. The minimum absolute atomic E-state index is 0.0447. The molecule has 1 aromatic heterocycles. The number of nitrogens with one attached hydrogen (secondary N) is 2. The van der Waals surface area contributed by atoms with Gasteiger partial charge < -0.3 is 25.0 Å². The smallest absolute Gasteiger partial charge is 0.337 e. The van der Waals surface area contributed by atoms with Crippen LogP contribution < -0.4 is 5.32 Å². The van der Waals surface area contributed by atoms with E-state index in [4.69, 9.17) is 9.73 Å². The predicted octanol–water partition coefficient (Wildman–Crippen LogP) is 4.06. The summed E-state index contributed by atoms with van der Waals surface area (Å²) in [4.78, 5) is 36.9. The molecule has 5 rings (SSSR count). The number of hydrogen-bond donors (Lipinski definition) is 3. The van der Waals surface area contributed by atoms with Gasteiger partial charge in [-0.1, -0.05) is 36.4 Å². The maximum atomic E-state index is 12.5. The van der Waals surface area contributed by atoms with Crippen molar-refractivity contribution in [3.05, 3.63) is 89.5 Å². The Kier molecular flexibility index (Phi) is 8.23. The third kappa shape index (κ3) is 6.22. The van der Waals surface area contributed by atoms with Gasteiger partial charge in [-0.15, -0.1) is 0 Å². The van der Waals surface area contributed by atoms with E-state index in [1.165, 1.54) is 7.11 Å². The summed E-state index contributed by atoms with van der Waals surface area (Å²) >= 11 is 0. The maximum Gasteiger partial charge on any atom is 0.337 e. The predicted molar refractivity (Wildman–Crippen MR) is 157 cm³/mol. The Hall–Kier alpha value is -4.47. The van der Waals surface area contributed by atoms with E-state index in [1.807, 2.05) is 54.6 Å². The number of benzene rings is 3. The van der Waals surface area contributed by atoms with Gasteiger partial charge in [0.25, 0.3) is 0 Å². The lowest BCUT2D eigenvalue weighted by Gasteiger charge is -2.31. The Morgan fingerprint density at radius 2 is 1.70 bits per heavy atom. The molecule has 0 amide bonds. The summed E-state index contributed by atoms with van der Waals surface area (Å²) in [5.74, 6) is -0.343. The number of nitrogens with zero attached hydrogens (tertiary/aromatic N) is 3. The van der Waals surface area contributed by atoms with Gasteiger partial charge in [0.05, 0.1) is 42.7 Å². The zero-order chi connectivity index (χ0) is 28.1. The van der Waals surface area contributed by atoms with Gasteiger partial charge in [-0.05, 0) is 43.4 Å². The number of carbonyl (C=O) groups is 2. The fraction of sp³-hybridized carbons (Fsp3) is 0.258. The van der Waals surface area contributed by atoms with Gasteiger partial charge in [0.2, 0.25) is 0 Å². The lowest BCUT2D eigenvalue weighted by atomic mass is 10.00. The molecule has 4 aromatic rings. The van der Waals surface area contributed by atoms with Crippen LogP contribution in [0.25, 0.3) is 10.9 Å². The van der Waals surface area contributed by atoms with Crippen LogP contribution in [0.4, 0.5) is 11.4 Å². The van der Waals surface area contributed by atoms with Gasteiger partial charge in [0.15, 0.2) is 11.7 Å². The van der Waals surface area contributed by atoms with Gasteiger partial charge >= 0.3 is 5.97 Å². The number of anilines is 1. The van der Waals surface area contributed by atoms with Gasteiger partial charge in [-0.25, -0.2) is 9.79 Å². The van der Waals surface area contributed by atoms with Crippen LogP contribution in [-0.4, -0.2) is 90.8 Å². The first-order chi connectivity index (χ1) is 19.4. The van der Waals surface area contributed by atoms with Crippen molar-refractivity contribution in [3.8, 4) is 5.88 Å². The zero-order valence-corrected chi connectivity index (χ0v) is 22.7. The monoisotopic (exact) mass is 539 g/mol. The highest BCUT2D eigenvalue weighted by Gasteiger charge is 2.20. The number of aliphatic imine (C=N–C) groups is 1. The van der Waals surface area contributed by atoms with Crippen molar-refractivity contribution < 1.29 is 19.4 Å². The molecular weight excluding hydrogens is 506 g/mol. The summed E-state index contributed by atoms with van der Waals surface area (Å²) in [7, 11) is 3.43. The van der Waals surface area contributed by atoms with Gasteiger partial charge in [-0.2, -0.15) is 0 Å². The summed E-state index contributed by atoms with van der Waals surface area (Å²) in [6.07, 6.45) is 0. The highest BCUT2D eigenvalue weighted by Crippen LogP contribution is 2.32. The quantitative estimate of drug-likeness (QED) is 0.217. The standard InChI is InChI=1S/C31H33N5O4/c1-35-14-16-36(17-15-35)20-25(37)19-32-23-9-11-24(12-10-23)33-29(21-6-4-3-5-7-21)28-26-13-8-22(31(39)40-2)18-27(26)34-30(28)38/h3-13,18,32,34,38H,14-17,19-20H2,1-2H3. The number of ether oxygens (including phenoxy) is 1. The minimum Gasteiger partial charge on any atom is -0.494 e. The van der Waals surface area contributed by atoms with Crippen molar-refractivity contribution in [2.45, 2.75) is 0 Å². The van der Waals surface area contributed by atoms with Crippen LogP contribution in [0.1, 0.15) is 21.5 Å². The lowest BCUT2D eigenvalue weighted by molar-refractivity contribution is -0.118. The average Bonchev–Trinajstić information content (AvgIpc) is 3.31. The second-order valence-corrected chi connectivity index (χ2v) is 9.95. The molecule has 3 aromatic carbocycles. The summed E-state index contributed by atoms with van der Waals surface area (Å²) in [6.45, 7) is 4.52. The van der Waals surface area contributed by atoms with Crippen LogP contribution in [0.3, 0.4) is 0 Å². The SMILES string of the molecule is COC(=O)c1ccc2c(C(=Nc3ccc(NCC(=O)CN4CCN(C)CC4)cc3)c3ccccc3)c(O)[nH]c2c1. The molecule has 1 fully saturated rings. The molecule has 1 aliphatic heterocycles. The second-order valence-electron chi connectivity index (χ2n) is 9.95. The Morgan fingerprint density at radius 3 is 2.40 bits per heavy atom. The van der Waals surface area contributed by atoms with Crippen LogP contribution in [0.5, 0.6) is 5.88 Å². The fourth-order valence-electron chi connectivity index (χ4n) is 4.82. The molecule has 0 aliphatic carbocycles. The van der Waals surface area contributed by atoms with Crippen molar-refractivity contribution in [3.63, 3.8) is 0 Å². The molecule has 0 radical (unpaired) electrons. The number of rotatable bonds is 9. The van der Waals surface area contributed by atoms with Crippen molar-refractivity contribution in [2.75, 3.05) is 58.7 Å². The number of H-pyrrole nitrogens is 1. The Labute approximate surface area is 233 Å². The number of methoxy groups -OCH3 is 1. The number of fused-ring (bicyclic) bond motifs is 1. The van der Waals surface area contributed by atoms with Crippen LogP contribution >= 0.6 is 0 Å². The molecule has 2 heterocycles. The number of carbonyl (C=O) groups excluding carboxylic acids is 2. The largest absolute Gasteiger partial charge is 0.494 e. The second kappa shape index (κ2) is 12.1. The maximum absolute atomic E-state index is 12.5. The first-order valence-corrected chi connectivity index (χ1v) is 13.3. The molecule has 40 heavy (non-hydrogen) atoms. The first kappa shape index (κ1) is 27.1. The number of ketones is 1. The number of aromatic amines is 1. The van der Waals surface area contributed by atoms with E-state index in [-0.39, 0.29) is 18.2 Å². The van der Waals surface area contributed by atoms with E-state index in [9.17, 15) is 14.7 Å².